The monoisotopic (exact) mass is 394 g/mol. The van der Waals surface area contributed by atoms with Crippen LogP contribution in [0.15, 0.2) is 77.9 Å². The molecule has 3 rings (SSSR count). The van der Waals surface area contributed by atoms with Gasteiger partial charge in [0, 0.05) is 0 Å². The lowest BCUT2D eigenvalue weighted by Gasteiger charge is -2.08. The number of carbonyl (C=O) groups excluding carboxylic acids is 1. The van der Waals surface area contributed by atoms with Crippen molar-refractivity contribution in [1.29, 1.82) is 0 Å². The Morgan fingerprint density at radius 3 is 2.54 bits per heavy atom. The molecule has 142 valence electrons. The Hall–Kier alpha value is -3.31. The summed E-state index contributed by atoms with van der Waals surface area (Å²) < 4.78 is 10.9. The molecule has 0 aromatic heterocycles. The maximum Gasteiger partial charge on any atom is 0.275 e. The summed E-state index contributed by atoms with van der Waals surface area (Å²) >= 11 is 6.28. The second-order valence-electron chi connectivity index (χ2n) is 5.86. The largest absolute Gasteiger partial charge is 0.496 e. The fourth-order valence-corrected chi connectivity index (χ4v) is 2.75. The minimum absolute atomic E-state index is 0.359. The van der Waals surface area contributed by atoms with Crippen LogP contribution in [0.5, 0.6) is 11.5 Å². The van der Waals surface area contributed by atoms with Crippen molar-refractivity contribution < 1.29 is 14.3 Å². The summed E-state index contributed by atoms with van der Waals surface area (Å²) in [6.45, 7) is 0.433. The predicted molar refractivity (Wildman–Crippen MR) is 110 cm³/mol. The molecule has 0 fully saturated rings. The standard InChI is InChI=1S/C22H19ClN2O3/c1-27-20-10-6-5-9-18(20)22(26)25-24-14-17-11-12-21(19(23)13-17)28-15-16-7-3-2-4-8-16/h2-14H,15H2,1H3,(H,25,26)/b24-14+. The number of hydrogen-bond donors (Lipinski definition) is 1. The Labute approximate surface area is 168 Å². The number of ether oxygens (including phenoxy) is 2. The van der Waals surface area contributed by atoms with Gasteiger partial charge in [-0.05, 0) is 41.5 Å². The van der Waals surface area contributed by atoms with Crippen molar-refractivity contribution in [1.82, 2.24) is 5.43 Å². The van der Waals surface area contributed by atoms with Gasteiger partial charge in [-0.1, -0.05) is 54.1 Å². The van der Waals surface area contributed by atoms with Crippen molar-refractivity contribution in [2.75, 3.05) is 7.11 Å². The highest BCUT2D eigenvalue weighted by Crippen LogP contribution is 2.26. The third kappa shape index (κ3) is 5.11. The number of amides is 1. The van der Waals surface area contributed by atoms with Crippen LogP contribution in [0.1, 0.15) is 21.5 Å². The first-order valence-corrected chi connectivity index (χ1v) is 8.98. The van der Waals surface area contributed by atoms with Gasteiger partial charge in [0.25, 0.3) is 5.91 Å². The van der Waals surface area contributed by atoms with Gasteiger partial charge in [-0.25, -0.2) is 5.43 Å². The molecular weight excluding hydrogens is 376 g/mol. The van der Waals surface area contributed by atoms with E-state index in [1.54, 1.807) is 36.4 Å². The van der Waals surface area contributed by atoms with E-state index >= 15 is 0 Å². The molecule has 0 aliphatic rings. The van der Waals surface area contributed by atoms with Gasteiger partial charge in [0.15, 0.2) is 0 Å². The molecule has 1 amide bonds. The Morgan fingerprint density at radius 2 is 1.79 bits per heavy atom. The lowest BCUT2D eigenvalue weighted by Crippen LogP contribution is -2.18. The number of methoxy groups -OCH3 is 1. The predicted octanol–water partition coefficient (Wildman–Crippen LogP) is 4.69. The number of carbonyl (C=O) groups is 1. The first kappa shape index (κ1) is 19.5. The van der Waals surface area contributed by atoms with Crippen molar-refractivity contribution in [2.24, 2.45) is 5.10 Å². The molecular formula is C22H19ClN2O3. The van der Waals surface area contributed by atoms with Gasteiger partial charge < -0.3 is 9.47 Å². The highest BCUT2D eigenvalue weighted by molar-refractivity contribution is 6.32. The summed E-state index contributed by atoms with van der Waals surface area (Å²) in [6.07, 6.45) is 1.51. The van der Waals surface area contributed by atoms with Crippen LogP contribution < -0.4 is 14.9 Å². The number of rotatable bonds is 7. The maximum atomic E-state index is 12.2. The van der Waals surface area contributed by atoms with Crippen molar-refractivity contribution in [3.8, 4) is 11.5 Å². The van der Waals surface area contributed by atoms with E-state index in [0.717, 1.165) is 11.1 Å². The van der Waals surface area contributed by atoms with Crippen molar-refractivity contribution in [2.45, 2.75) is 6.61 Å². The second-order valence-corrected chi connectivity index (χ2v) is 6.27. The zero-order chi connectivity index (χ0) is 19.8. The number of benzene rings is 3. The SMILES string of the molecule is COc1ccccc1C(=O)N/N=C/c1ccc(OCc2ccccc2)c(Cl)c1. The molecule has 0 aliphatic carbocycles. The van der Waals surface area contributed by atoms with Crippen LogP contribution in [-0.2, 0) is 6.61 Å². The average molecular weight is 395 g/mol. The molecule has 0 unspecified atom stereocenters. The third-order valence-corrected chi connectivity index (χ3v) is 4.22. The van der Waals surface area contributed by atoms with E-state index in [1.165, 1.54) is 13.3 Å². The molecule has 0 saturated carbocycles. The summed E-state index contributed by atoms with van der Waals surface area (Å²) in [4.78, 5) is 12.2. The maximum absolute atomic E-state index is 12.2. The molecule has 0 bridgehead atoms. The van der Waals surface area contributed by atoms with E-state index in [-0.39, 0.29) is 5.91 Å². The fourth-order valence-electron chi connectivity index (χ4n) is 2.51. The summed E-state index contributed by atoms with van der Waals surface area (Å²) in [5.74, 6) is 0.710. The fraction of sp³-hybridized carbons (Fsp3) is 0.0909. The number of hydrogen-bond acceptors (Lipinski definition) is 4. The van der Waals surface area contributed by atoms with Crippen LogP contribution >= 0.6 is 11.6 Å². The van der Waals surface area contributed by atoms with Gasteiger partial charge in [0.2, 0.25) is 0 Å². The van der Waals surface area contributed by atoms with Gasteiger partial charge in [-0.15, -0.1) is 0 Å². The van der Waals surface area contributed by atoms with Crippen LogP contribution in [0.2, 0.25) is 5.02 Å². The minimum Gasteiger partial charge on any atom is -0.496 e. The highest BCUT2D eigenvalue weighted by atomic mass is 35.5. The Balaban J connectivity index is 1.60. The van der Waals surface area contributed by atoms with Crippen LogP contribution in [0.4, 0.5) is 0 Å². The topological polar surface area (TPSA) is 59.9 Å². The number of nitrogens with zero attached hydrogens (tertiary/aromatic N) is 1. The van der Waals surface area contributed by atoms with E-state index < -0.39 is 0 Å². The summed E-state index contributed by atoms with van der Waals surface area (Å²) in [7, 11) is 1.51. The smallest absolute Gasteiger partial charge is 0.275 e. The van der Waals surface area contributed by atoms with E-state index in [0.29, 0.717) is 28.7 Å². The summed E-state index contributed by atoms with van der Waals surface area (Å²) in [6, 6.07) is 22.1. The minimum atomic E-state index is -0.359. The summed E-state index contributed by atoms with van der Waals surface area (Å²) in [5, 5.41) is 4.45. The summed E-state index contributed by atoms with van der Waals surface area (Å²) in [5.41, 5.74) is 4.68. The van der Waals surface area contributed by atoms with Crippen molar-refractivity contribution in [3.05, 3.63) is 94.5 Å². The van der Waals surface area contributed by atoms with Crippen LogP contribution in [0, 0.1) is 0 Å². The van der Waals surface area contributed by atoms with Gasteiger partial charge in [-0.3, -0.25) is 4.79 Å². The molecule has 6 heteroatoms. The number of hydrazone groups is 1. The molecule has 0 saturated heterocycles. The zero-order valence-electron chi connectivity index (χ0n) is 15.3. The molecule has 5 nitrogen and oxygen atoms in total. The lowest BCUT2D eigenvalue weighted by atomic mass is 10.2. The molecule has 1 N–H and O–H groups in total. The Morgan fingerprint density at radius 1 is 1.04 bits per heavy atom. The Kier molecular flexibility index (Phi) is 6.65. The lowest BCUT2D eigenvalue weighted by molar-refractivity contribution is 0.0952. The number of halogens is 1. The number of para-hydroxylation sites is 1. The first-order chi connectivity index (χ1) is 13.7. The highest BCUT2D eigenvalue weighted by Gasteiger charge is 2.10. The third-order valence-electron chi connectivity index (χ3n) is 3.92. The molecule has 0 atom stereocenters. The van der Waals surface area contributed by atoms with E-state index in [1.807, 2.05) is 36.4 Å². The molecule has 3 aromatic rings. The van der Waals surface area contributed by atoms with Gasteiger partial charge in [0.05, 0.1) is 23.9 Å². The van der Waals surface area contributed by atoms with Crippen LogP contribution in [0.25, 0.3) is 0 Å². The van der Waals surface area contributed by atoms with Crippen LogP contribution in [0.3, 0.4) is 0 Å². The van der Waals surface area contributed by atoms with Crippen LogP contribution in [-0.4, -0.2) is 19.2 Å². The second kappa shape index (κ2) is 9.58. The van der Waals surface area contributed by atoms with Gasteiger partial charge in [0.1, 0.15) is 18.1 Å². The van der Waals surface area contributed by atoms with E-state index in [4.69, 9.17) is 21.1 Å². The van der Waals surface area contributed by atoms with Gasteiger partial charge in [-0.2, -0.15) is 5.10 Å². The molecule has 0 heterocycles. The molecule has 0 aliphatic heterocycles. The molecule has 0 radical (unpaired) electrons. The van der Waals surface area contributed by atoms with Crippen molar-refractivity contribution >= 4 is 23.7 Å². The number of nitrogens with one attached hydrogen (secondary N) is 1. The molecule has 0 spiro atoms. The average Bonchev–Trinajstić information content (AvgIpc) is 2.73. The first-order valence-electron chi connectivity index (χ1n) is 8.60. The molecule has 28 heavy (non-hydrogen) atoms. The quantitative estimate of drug-likeness (QED) is 0.467. The Bertz CT molecular complexity index is 975. The molecule has 3 aromatic carbocycles. The van der Waals surface area contributed by atoms with E-state index in [9.17, 15) is 4.79 Å². The normalized spacial score (nSPS) is 10.6. The van der Waals surface area contributed by atoms with Gasteiger partial charge >= 0.3 is 0 Å². The van der Waals surface area contributed by atoms with Crippen molar-refractivity contribution in [3.63, 3.8) is 0 Å². The zero-order valence-corrected chi connectivity index (χ0v) is 16.0. The van der Waals surface area contributed by atoms with E-state index in [2.05, 4.69) is 10.5 Å².